The summed E-state index contributed by atoms with van der Waals surface area (Å²) in [6, 6.07) is 3.99. The van der Waals surface area contributed by atoms with Crippen LogP contribution < -0.4 is 10.6 Å². The van der Waals surface area contributed by atoms with Crippen LogP contribution in [-0.2, 0) is 12.8 Å². The highest BCUT2D eigenvalue weighted by molar-refractivity contribution is 5.45. The van der Waals surface area contributed by atoms with Crippen molar-refractivity contribution in [3.8, 4) is 0 Å². The molecule has 0 aromatic carbocycles. The molecule has 0 aliphatic heterocycles. The summed E-state index contributed by atoms with van der Waals surface area (Å²) in [6.07, 6.45) is -3.19. The molecule has 26 heavy (non-hydrogen) atoms. The summed E-state index contributed by atoms with van der Waals surface area (Å²) in [6.45, 7) is 2.02. The normalized spacial score (nSPS) is 11.7. The Balaban J connectivity index is 1.65. The van der Waals surface area contributed by atoms with Crippen LogP contribution >= 0.6 is 0 Å². The van der Waals surface area contributed by atoms with Gasteiger partial charge in [0.2, 0.25) is 0 Å². The van der Waals surface area contributed by atoms with Crippen molar-refractivity contribution in [2.75, 3.05) is 23.7 Å². The van der Waals surface area contributed by atoms with Gasteiger partial charge in [-0.15, -0.1) is 0 Å². The number of fused-ring (bicyclic) bond motifs is 1. The summed E-state index contributed by atoms with van der Waals surface area (Å²) in [4.78, 5) is 11.8. The first-order valence-corrected chi connectivity index (χ1v) is 7.71. The van der Waals surface area contributed by atoms with E-state index in [1.165, 1.54) is 16.9 Å². The molecule has 138 valence electrons. The van der Waals surface area contributed by atoms with Gasteiger partial charge in [-0.05, 0) is 24.6 Å². The van der Waals surface area contributed by atoms with E-state index in [9.17, 15) is 13.2 Å². The van der Waals surface area contributed by atoms with E-state index in [4.69, 9.17) is 5.11 Å². The number of pyridine rings is 1. The van der Waals surface area contributed by atoms with E-state index in [0.717, 1.165) is 11.8 Å². The van der Waals surface area contributed by atoms with Gasteiger partial charge in [0.05, 0.1) is 6.61 Å². The van der Waals surface area contributed by atoms with Crippen LogP contribution in [0.3, 0.4) is 0 Å². The number of aryl methyl sites for hydroxylation is 1. The summed E-state index contributed by atoms with van der Waals surface area (Å²) >= 11 is 0. The van der Waals surface area contributed by atoms with E-state index in [0.29, 0.717) is 24.7 Å². The molecule has 3 N–H and O–H groups in total. The second kappa shape index (κ2) is 7.12. The van der Waals surface area contributed by atoms with Crippen LogP contribution in [-0.4, -0.2) is 42.8 Å². The number of aliphatic hydroxyl groups is 1. The quantitative estimate of drug-likeness (QED) is 0.572. The molecule has 3 aromatic rings. The molecular weight excluding hydrogens is 351 g/mol. The molecule has 0 saturated carbocycles. The van der Waals surface area contributed by atoms with Crippen LogP contribution in [0, 0.1) is 6.92 Å². The zero-order valence-electron chi connectivity index (χ0n) is 13.7. The minimum Gasteiger partial charge on any atom is -0.392 e. The van der Waals surface area contributed by atoms with E-state index < -0.39 is 18.5 Å². The number of aromatic nitrogens is 5. The monoisotopic (exact) mass is 367 g/mol. The molecule has 3 aromatic heterocycles. The third kappa shape index (κ3) is 3.99. The van der Waals surface area contributed by atoms with E-state index in [2.05, 4.69) is 30.7 Å². The summed E-state index contributed by atoms with van der Waals surface area (Å²) < 4.78 is 40.1. The molecule has 0 bridgehead atoms. The predicted octanol–water partition coefficient (Wildman–Crippen LogP) is 1.86. The predicted molar refractivity (Wildman–Crippen MR) is 87.7 cm³/mol. The number of rotatable bonds is 6. The Bertz CT molecular complexity index is 910. The standard InChI is InChI=1S/C15H16F3N7O/c1-9-4-13(25-14(23-9)21-8-22-25)20-3-2-19-12-6-10(7-26)5-11(24-12)15(16,17)18/h4-6,8,20,26H,2-3,7H2,1H3,(H,19,24). The Morgan fingerprint density at radius 1 is 1.12 bits per heavy atom. The number of alkyl halides is 3. The molecule has 0 amide bonds. The second-order valence-electron chi connectivity index (χ2n) is 5.51. The van der Waals surface area contributed by atoms with E-state index in [-0.39, 0.29) is 11.4 Å². The fraction of sp³-hybridized carbons (Fsp3) is 0.333. The minimum atomic E-state index is -4.58. The van der Waals surface area contributed by atoms with Crippen molar-refractivity contribution in [1.29, 1.82) is 0 Å². The van der Waals surface area contributed by atoms with E-state index in [1.807, 2.05) is 6.92 Å². The van der Waals surface area contributed by atoms with Gasteiger partial charge in [-0.3, -0.25) is 0 Å². The average molecular weight is 367 g/mol. The summed E-state index contributed by atoms with van der Waals surface area (Å²) in [5.41, 5.74) is -0.154. The third-order valence-electron chi connectivity index (χ3n) is 3.48. The molecule has 0 radical (unpaired) electrons. The lowest BCUT2D eigenvalue weighted by molar-refractivity contribution is -0.141. The highest BCUT2D eigenvalue weighted by Gasteiger charge is 2.33. The number of hydrogen-bond acceptors (Lipinski definition) is 7. The molecule has 0 saturated heterocycles. The van der Waals surface area contributed by atoms with Crippen molar-refractivity contribution >= 4 is 17.4 Å². The lowest BCUT2D eigenvalue weighted by atomic mass is 10.2. The molecule has 3 rings (SSSR count). The molecule has 3 heterocycles. The van der Waals surface area contributed by atoms with Crippen molar-refractivity contribution in [2.24, 2.45) is 0 Å². The zero-order valence-corrected chi connectivity index (χ0v) is 13.7. The fourth-order valence-corrected chi connectivity index (χ4v) is 2.35. The fourth-order valence-electron chi connectivity index (χ4n) is 2.35. The lowest BCUT2D eigenvalue weighted by Crippen LogP contribution is -2.18. The van der Waals surface area contributed by atoms with E-state index >= 15 is 0 Å². The molecule has 0 fully saturated rings. The summed E-state index contributed by atoms with van der Waals surface area (Å²) in [7, 11) is 0. The molecular formula is C15H16F3N7O. The zero-order chi connectivity index (χ0) is 18.7. The third-order valence-corrected chi connectivity index (χ3v) is 3.48. The Labute approximate surface area is 146 Å². The second-order valence-corrected chi connectivity index (χ2v) is 5.51. The maximum absolute atomic E-state index is 12.8. The van der Waals surface area contributed by atoms with Gasteiger partial charge < -0.3 is 15.7 Å². The van der Waals surface area contributed by atoms with Crippen molar-refractivity contribution in [3.05, 3.63) is 41.5 Å². The molecule has 0 atom stereocenters. The van der Waals surface area contributed by atoms with Crippen molar-refractivity contribution in [1.82, 2.24) is 24.6 Å². The van der Waals surface area contributed by atoms with Crippen LogP contribution in [0.15, 0.2) is 24.5 Å². The smallest absolute Gasteiger partial charge is 0.392 e. The van der Waals surface area contributed by atoms with Gasteiger partial charge in [-0.25, -0.2) is 9.97 Å². The molecule has 8 nitrogen and oxygen atoms in total. The molecule has 0 unspecified atom stereocenters. The van der Waals surface area contributed by atoms with Crippen LogP contribution in [0.1, 0.15) is 17.0 Å². The van der Waals surface area contributed by atoms with Gasteiger partial charge in [-0.1, -0.05) is 0 Å². The van der Waals surface area contributed by atoms with Crippen LogP contribution in [0.2, 0.25) is 0 Å². The minimum absolute atomic E-state index is 0.0440. The number of aliphatic hydroxyl groups excluding tert-OH is 1. The molecule has 11 heteroatoms. The maximum atomic E-state index is 12.8. The van der Waals surface area contributed by atoms with Gasteiger partial charge in [0, 0.05) is 24.8 Å². The lowest BCUT2D eigenvalue weighted by Gasteiger charge is -2.13. The largest absolute Gasteiger partial charge is 0.433 e. The van der Waals surface area contributed by atoms with Crippen LogP contribution in [0.25, 0.3) is 5.78 Å². The van der Waals surface area contributed by atoms with Gasteiger partial charge >= 0.3 is 6.18 Å². The topological polar surface area (TPSA) is 100 Å². The molecule has 0 aliphatic rings. The van der Waals surface area contributed by atoms with Gasteiger partial charge in [0.25, 0.3) is 5.78 Å². The van der Waals surface area contributed by atoms with Gasteiger partial charge in [-0.2, -0.15) is 27.8 Å². The number of nitrogens with one attached hydrogen (secondary N) is 2. The number of halogens is 3. The number of nitrogens with zero attached hydrogens (tertiary/aromatic N) is 5. The van der Waals surface area contributed by atoms with Crippen LogP contribution in [0.5, 0.6) is 0 Å². The first kappa shape index (κ1) is 17.9. The maximum Gasteiger partial charge on any atom is 0.433 e. The number of anilines is 2. The van der Waals surface area contributed by atoms with Crippen molar-refractivity contribution in [3.63, 3.8) is 0 Å². The highest BCUT2D eigenvalue weighted by atomic mass is 19.4. The van der Waals surface area contributed by atoms with Crippen molar-refractivity contribution < 1.29 is 18.3 Å². The van der Waals surface area contributed by atoms with Crippen LogP contribution in [0.4, 0.5) is 24.8 Å². The Kier molecular flexibility index (Phi) is 4.89. The average Bonchev–Trinajstić information content (AvgIpc) is 3.05. The van der Waals surface area contributed by atoms with Gasteiger partial charge in [0.1, 0.15) is 23.7 Å². The molecule has 0 aliphatic carbocycles. The van der Waals surface area contributed by atoms with Gasteiger partial charge in [0.15, 0.2) is 0 Å². The highest BCUT2D eigenvalue weighted by Crippen LogP contribution is 2.29. The molecule has 0 spiro atoms. The Morgan fingerprint density at radius 3 is 2.62 bits per heavy atom. The number of hydrogen-bond donors (Lipinski definition) is 3. The SMILES string of the molecule is Cc1cc(NCCNc2cc(CO)cc(C(F)(F)F)n2)n2ncnc2n1. The van der Waals surface area contributed by atoms with Crippen molar-refractivity contribution in [2.45, 2.75) is 19.7 Å². The first-order chi connectivity index (χ1) is 12.4. The summed E-state index contributed by atoms with van der Waals surface area (Å²) in [5.74, 6) is 1.16. The Hall–Kier alpha value is -2.95. The Morgan fingerprint density at radius 2 is 1.88 bits per heavy atom. The van der Waals surface area contributed by atoms with E-state index in [1.54, 1.807) is 6.07 Å². The summed E-state index contributed by atoms with van der Waals surface area (Å²) in [5, 5.41) is 19.1. The first-order valence-electron chi connectivity index (χ1n) is 7.71.